The second-order valence-corrected chi connectivity index (χ2v) is 6.57. The van der Waals surface area contributed by atoms with Crippen LogP contribution in [0.15, 0.2) is 48.5 Å². The third-order valence-electron chi connectivity index (χ3n) is 3.94. The van der Waals surface area contributed by atoms with E-state index in [-0.39, 0.29) is 10.6 Å². The molecule has 2 rings (SSSR count). The lowest BCUT2D eigenvalue weighted by molar-refractivity contribution is -0.204. The predicted molar refractivity (Wildman–Crippen MR) is 99.4 cm³/mol. The third-order valence-corrected chi connectivity index (χ3v) is 4.17. The summed E-state index contributed by atoms with van der Waals surface area (Å²) in [5, 5.41) is 3.39. The molecule has 2 N–H and O–H groups in total. The molecule has 1 amide bonds. The van der Waals surface area contributed by atoms with Gasteiger partial charge in [-0.25, -0.2) is 4.79 Å². The van der Waals surface area contributed by atoms with Crippen LogP contribution >= 0.6 is 11.6 Å². The van der Waals surface area contributed by atoms with E-state index in [1.807, 2.05) is 0 Å². The molecule has 0 aliphatic heterocycles. The van der Waals surface area contributed by atoms with E-state index in [2.05, 4.69) is 4.74 Å². The van der Waals surface area contributed by atoms with Gasteiger partial charge in [0.15, 0.2) is 0 Å². The van der Waals surface area contributed by atoms with Gasteiger partial charge in [-0.2, -0.15) is 26.3 Å². The molecule has 2 aromatic carbocycles. The molecule has 31 heavy (non-hydrogen) atoms. The van der Waals surface area contributed by atoms with Crippen molar-refractivity contribution in [2.24, 2.45) is 0 Å². The van der Waals surface area contributed by atoms with Crippen molar-refractivity contribution in [2.75, 3.05) is 11.9 Å². The molecule has 0 aromatic heterocycles. The highest BCUT2D eigenvalue weighted by atomic mass is 35.5. The van der Waals surface area contributed by atoms with E-state index in [9.17, 15) is 35.9 Å². The minimum atomic E-state index is -5.45. The molecule has 168 valence electrons. The van der Waals surface area contributed by atoms with Crippen LogP contribution in [0.25, 0.3) is 0 Å². The number of alkyl halides is 6. The number of carbonyl (C=O) groups is 2. The van der Waals surface area contributed by atoms with Crippen LogP contribution in [0.4, 0.5) is 32.0 Å². The largest absolute Gasteiger partial charge is 0.463 e. The maximum absolute atomic E-state index is 14.1. The first-order chi connectivity index (χ1) is 14.3. The van der Waals surface area contributed by atoms with E-state index >= 15 is 0 Å². The summed E-state index contributed by atoms with van der Waals surface area (Å²) in [6, 6.07) is 7.33. The van der Waals surface area contributed by atoms with Gasteiger partial charge in [-0.05, 0) is 49.4 Å². The fraction of sp³-hybridized carbons (Fsp3) is 0.263. The van der Waals surface area contributed by atoms with E-state index in [0.29, 0.717) is 24.3 Å². The molecule has 0 heterocycles. The van der Waals surface area contributed by atoms with Crippen LogP contribution in [-0.4, -0.2) is 30.3 Å². The normalized spacial score (nSPS) is 13.8. The highest BCUT2D eigenvalue weighted by Crippen LogP contribution is 2.35. The number of rotatable bonds is 6. The van der Waals surface area contributed by atoms with Crippen LogP contribution in [0, 0.1) is 0 Å². The molecule has 1 atom stereocenters. The second kappa shape index (κ2) is 9.04. The SMILES string of the molecule is CCOC(=O)[C@](NC(=O)c1cccc(Cl)c1)(Nc1ccc(C(F)(F)F)cc1)C(F)(F)F. The summed E-state index contributed by atoms with van der Waals surface area (Å²) < 4.78 is 84.9. The van der Waals surface area contributed by atoms with Gasteiger partial charge in [0.2, 0.25) is 0 Å². The van der Waals surface area contributed by atoms with Crippen molar-refractivity contribution in [1.29, 1.82) is 0 Å². The Morgan fingerprint density at radius 1 is 1.00 bits per heavy atom. The Bertz CT molecular complexity index is 947. The van der Waals surface area contributed by atoms with Gasteiger partial charge in [-0.15, -0.1) is 0 Å². The topological polar surface area (TPSA) is 67.4 Å². The molecule has 0 unspecified atom stereocenters. The van der Waals surface area contributed by atoms with E-state index in [1.54, 1.807) is 10.6 Å². The number of amides is 1. The van der Waals surface area contributed by atoms with Crippen molar-refractivity contribution in [3.63, 3.8) is 0 Å². The molecule has 0 fully saturated rings. The Hall–Kier alpha value is -2.95. The zero-order chi connectivity index (χ0) is 23.4. The average Bonchev–Trinajstić information content (AvgIpc) is 2.66. The summed E-state index contributed by atoms with van der Waals surface area (Å²) in [5.74, 6) is -3.23. The Balaban J connectivity index is 2.50. The van der Waals surface area contributed by atoms with Crippen LogP contribution in [0.5, 0.6) is 0 Å². The van der Waals surface area contributed by atoms with Crippen molar-refractivity contribution < 1.29 is 40.7 Å². The smallest absolute Gasteiger partial charge is 0.441 e. The third kappa shape index (κ3) is 5.60. The molecule has 0 radical (unpaired) electrons. The van der Waals surface area contributed by atoms with Crippen molar-refractivity contribution in [3.8, 4) is 0 Å². The van der Waals surface area contributed by atoms with Crippen LogP contribution in [0.1, 0.15) is 22.8 Å². The quantitative estimate of drug-likeness (QED) is 0.355. The molecular formula is C19H15ClF6N2O3. The number of hydrogen-bond donors (Lipinski definition) is 2. The van der Waals surface area contributed by atoms with E-state index in [1.165, 1.54) is 19.1 Å². The van der Waals surface area contributed by atoms with Crippen LogP contribution in [0.2, 0.25) is 5.02 Å². The Kier molecular flexibility index (Phi) is 7.10. The van der Waals surface area contributed by atoms with Gasteiger partial charge in [0.1, 0.15) is 0 Å². The number of nitrogens with one attached hydrogen (secondary N) is 2. The van der Waals surface area contributed by atoms with Gasteiger partial charge in [-0.3, -0.25) is 4.79 Å². The minimum absolute atomic E-state index is 0.0529. The molecule has 0 aliphatic rings. The standard InChI is InChI=1S/C19H15ClF6N2O3/c1-2-31-16(30)17(19(24,25)26,28-15(29)11-4-3-5-13(20)10-11)27-14-8-6-12(7-9-14)18(21,22)23/h3-10,27H,2H2,1H3,(H,28,29)/t17-/m1/s1. The van der Waals surface area contributed by atoms with Gasteiger partial charge in [0, 0.05) is 16.3 Å². The van der Waals surface area contributed by atoms with Gasteiger partial charge in [0.05, 0.1) is 12.2 Å². The van der Waals surface area contributed by atoms with Crippen molar-refractivity contribution in [1.82, 2.24) is 5.32 Å². The summed E-state index contributed by atoms with van der Waals surface area (Å²) >= 11 is 5.74. The van der Waals surface area contributed by atoms with Gasteiger partial charge in [-0.1, -0.05) is 17.7 Å². The fourth-order valence-corrected chi connectivity index (χ4v) is 2.65. The first-order valence-electron chi connectivity index (χ1n) is 8.57. The number of anilines is 1. The lowest BCUT2D eigenvalue weighted by Crippen LogP contribution is -2.69. The van der Waals surface area contributed by atoms with Crippen molar-refractivity contribution in [2.45, 2.75) is 24.9 Å². The minimum Gasteiger partial charge on any atom is -0.463 e. The number of esters is 1. The first-order valence-corrected chi connectivity index (χ1v) is 8.95. The van der Waals surface area contributed by atoms with Crippen molar-refractivity contribution >= 4 is 29.2 Å². The molecule has 0 bridgehead atoms. The zero-order valence-electron chi connectivity index (χ0n) is 15.7. The number of carbonyl (C=O) groups excluding carboxylic acids is 2. The number of benzene rings is 2. The summed E-state index contributed by atoms with van der Waals surface area (Å²) in [7, 11) is 0. The zero-order valence-corrected chi connectivity index (χ0v) is 16.5. The van der Waals surface area contributed by atoms with Crippen LogP contribution < -0.4 is 10.6 Å². The lowest BCUT2D eigenvalue weighted by Gasteiger charge is -2.35. The number of halogens is 7. The molecule has 0 saturated carbocycles. The van der Waals surface area contributed by atoms with Crippen molar-refractivity contribution in [3.05, 3.63) is 64.7 Å². The summed E-state index contributed by atoms with van der Waals surface area (Å²) in [4.78, 5) is 24.8. The maximum atomic E-state index is 14.1. The first kappa shape index (κ1) is 24.3. The molecule has 5 nitrogen and oxygen atoms in total. The molecule has 0 spiro atoms. The van der Waals surface area contributed by atoms with E-state index < -0.39 is 47.7 Å². The van der Waals surface area contributed by atoms with E-state index in [0.717, 1.165) is 12.1 Å². The van der Waals surface area contributed by atoms with E-state index in [4.69, 9.17) is 11.6 Å². The van der Waals surface area contributed by atoms with Crippen LogP contribution in [-0.2, 0) is 15.7 Å². The fourth-order valence-electron chi connectivity index (χ4n) is 2.46. The summed E-state index contributed by atoms with van der Waals surface area (Å²) in [6.45, 7) is 0.786. The second-order valence-electron chi connectivity index (χ2n) is 6.13. The molecule has 2 aromatic rings. The Labute approximate surface area is 177 Å². The number of ether oxygens (including phenoxy) is 1. The Morgan fingerprint density at radius 3 is 2.10 bits per heavy atom. The predicted octanol–water partition coefficient (Wildman–Crippen LogP) is 5.02. The van der Waals surface area contributed by atoms with Gasteiger partial charge >= 0.3 is 24.0 Å². The summed E-state index contributed by atoms with van der Waals surface area (Å²) in [6.07, 6.45) is -10.2. The molecule has 12 heteroatoms. The molecule has 0 aliphatic carbocycles. The highest BCUT2D eigenvalue weighted by Gasteiger charge is 2.63. The number of hydrogen-bond acceptors (Lipinski definition) is 4. The average molecular weight is 469 g/mol. The lowest BCUT2D eigenvalue weighted by atomic mass is 10.1. The van der Waals surface area contributed by atoms with Gasteiger partial charge in [0.25, 0.3) is 5.91 Å². The molecule has 0 saturated heterocycles. The van der Waals surface area contributed by atoms with Crippen LogP contribution in [0.3, 0.4) is 0 Å². The molecular weight excluding hydrogens is 454 g/mol. The van der Waals surface area contributed by atoms with Gasteiger partial charge < -0.3 is 15.4 Å². The maximum Gasteiger partial charge on any atom is 0.441 e. The monoisotopic (exact) mass is 468 g/mol. The highest BCUT2D eigenvalue weighted by molar-refractivity contribution is 6.31. The Morgan fingerprint density at radius 2 is 1.61 bits per heavy atom. The summed E-state index contributed by atoms with van der Waals surface area (Å²) in [5.41, 5.74) is -5.72.